The van der Waals surface area contributed by atoms with Gasteiger partial charge in [0.05, 0.1) is 6.10 Å². The molecule has 0 saturated carbocycles. The highest BCUT2D eigenvalue weighted by Gasteiger charge is 2.35. The summed E-state index contributed by atoms with van der Waals surface area (Å²) in [6, 6.07) is 0. The predicted molar refractivity (Wildman–Crippen MR) is 81.8 cm³/mol. The molecule has 0 rings (SSSR count). The average molecular weight is 300 g/mol. The molecule has 2 amide bonds. The van der Waals surface area contributed by atoms with Crippen molar-refractivity contribution in [2.24, 2.45) is 0 Å². The summed E-state index contributed by atoms with van der Waals surface area (Å²) in [6.07, 6.45) is 2.63. The molecule has 0 spiro atoms. The lowest BCUT2D eigenvalue weighted by Gasteiger charge is -2.27. The van der Waals surface area contributed by atoms with Gasteiger partial charge in [0.15, 0.2) is 12.2 Å². The summed E-state index contributed by atoms with van der Waals surface area (Å²) in [5, 5.41) is 10.1. The second kappa shape index (κ2) is 9.52. The van der Waals surface area contributed by atoms with Crippen molar-refractivity contribution in [1.82, 2.24) is 9.80 Å². The summed E-state index contributed by atoms with van der Waals surface area (Å²) in [6.45, 7) is 3.84. The Hall–Kier alpha value is -1.40. The molecule has 122 valence electrons. The number of ether oxygens (including phenoxy) is 1. The zero-order valence-corrected chi connectivity index (χ0v) is 13.9. The van der Waals surface area contributed by atoms with Crippen LogP contribution in [-0.4, -0.2) is 73.2 Å². The van der Waals surface area contributed by atoms with Crippen molar-refractivity contribution in [3.05, 3.63) is 12.2 Å². The van der Waals surface area contributed by atoms with Crippen LogP contribution >= 0.6 is 0 Å². The van der Waals surface area contributed by atoms with E-state index in [0.717, 1.165) is 12.8 Å². The molecule has 0 unspecified atom stereocenters. The van der Waals surface area contributed by atoms with E-state index in [1.54, 1.807) is 21.0 Å². The van der Waals surface area contributed by atoms with Crippen LogP contribution in [0.25, 0.3) is 0 Å². The van der Waals surface area contributed by atoms with Crippen molar-refractivity contribution in [2.75, 3.05) is 28.2 Å². The summed E-state index contributed by atoms with van der Waals surface area (Å²) in [5.41, 5.74) is 0. The topological polar surface area (TPSA) is 70.1 Å². The number of aliphatic hydroxyl groups is 1. The van der Waals surface area contributed by atoms with E-state index in [4.69, 9.17) is 4.74 Å². The standard InChI is InChI=1S/C15H28N2O4/c1-7-8-9-10-11(2)21-13(15(20)17(5)6)12(18)14(19)16(3)4/h9-13,18H,7-8H2,1-6H3/b10-9+/t11-,12-,13-/m1/s1. The Bertz CT molecular complexity index is 367. The van der Waals surface area contributed by atoms with Gasteiger partial charge in [-0.1, -0.05) is 25.5 Å². The monoisotopic (exact) mass is 300 g/mol. The van der Waals surface area contributed by atoms with Crippen LogP contribution in [0.1, 0.15) is 26.7 Å². The van der Waals surface area contributed by atoms with Gasteiger partial charge in [0.25, 0.3) is 11.8 Å². The summed E-state index contributed by atoms with van der Waals surface area (Å²) < 4.78 is 5.58. The number of likely N-dealkylation sites (N-methyl/N-ethyl adjacent to an activating group) is 2. The minimum Gasteiger partial charge on any atom is -0.380 e. The number of nitrogens with zero attached hydrogens (tertiary/aromatic N) is 2. The molecule has 0 aliphatic heterocycles. The Kier molecular flexibility index (Phi) is 8.89. The molecule has 0 saturated heterocycles. The highest BCUT2D eigenvalue weighted by molar-refractivity contribution is 5.90. The number of rotatable bonds is 8. The zero-order chi connectivity index (χ0) is 16.6. The molecule has 0 aliphatic rings. The summed E-state index contributed by atoms with van der Waals surface area (Å²) in [4.78, 5) is 26.5. The molecule has 0 aliphatic carbocycles. The largest absolute Gasteiger partial charge is 0.380 e. The Balaban J connectivity index is 4.99. The lowest BCUT2D eigenvalue weighted by molar-refractivity contribution is -0.162. The smallest absolute Gasteiger partial charge is 0.254 e. The SMILES string of the molecule is CCC/C=C/[C@@H](C)O[C@@H](C(=O)N(C)C)[C@@H](O)C(=O)N(C)C. The molecule has 0 aromatic carbocycles. The van der Waals surface area contributed by atoms with Gasteiger partial charge in [-0.15, -0.1) is 0 Å². The molecule has 0 bridgehead atoms. The predicted octanol–water partition coefficient (Wildman–Crippen LogP) is 0.654. The number of aliphatic hydroxyl groups excluding tert-OH is 1. The van der Waals surface area contributed by atoms with Crippen LogP contribution in [0, 0.1) is 0 Å². The van der Waals surface area contributed by atoms with E-state index in [2.05, 4.69) is 6.92 Å². The minimum atomic E-state index is -1.52. The molecular weight excluding hydrogens is 272 g/mol. The molecule has 0 heterocycles. The van der Waals surface area contributed by atoms with Crippen molar-refractivity contribution in [1.29, 1.82) is 0 Å². The van der Waals surface area contributed by atoms with Crippen LogP contribution in [0.2, 0.25) is 0 Å². The lowest BCUT2D eigenvalue weighted by atomic mass is 10.1. The summed E-state index contributed by atoms with van der Waals surface area (Å²) in [5.74, 6) is -0.992. The molecule has 1 N–H and O–H groups in total. The van der Waals surface area contributed by atoms with Crippen LogP contribution < -0.4 is 0 Å². The van der Waals surface area contributed by atoms with Crippen molar-refractivity contribution in [3.63, 3.8) is 0 Å². The van der Waals surface area contributed by atoms with Gasteiger partial charge >= 0.3 is 0 Å². The number of carbonyl (C=O) groups is 2. The van der Waals surface area contributed by atoms with Crippen LogP contribution in [0.5, 0.6) is 0 Å². The van der Waals surface area contributed by atoms with Crippen molar-refractivity contribution >= 4 is 11.8 Å². The van der Waals surface area contributed by atoms with E-state index in [1.165, 1.54) is 23.9 Å². The first-order chi connectivity index (χ1) is 9.72. The molecule has 0 fully saturated rings. The second-order valence-corrected chi connectivity index (χ2v) is 5.39. The Morgan fingerprint density at radius 2 is 1.67 bits per heavy atom. The zero-order valence-electron chi connectivity index (χ0n) is 13.9. The van der Waals surface area contributed by atoms with Gasteiger partial charge in [-0.3, -0.25) is 9.59 Å². The van der Waals surface area contributed by atoms with Gasteiger partial charge in [0.1, 0.15) is 0 Å². The maximum absolute atomic E-state index is 12.1. The molecule has 21 heavy (non-hydrogen) atoms. The number of unbranched alkanes of at least 4 members (excludes halogenated alkanes) is 1. The van der Waals surface area contributed by atoms with Gasteiger partial charge in [-0.2, -0.15) is 0 Å². The molecule has 6 heteroatoms. The normalized spacial score (nSPS) is 15.6. The Morgan fingerprint density at radius 3 is 2.10 bits per heavy atom. The van der Waals surface area contributed by atoms with E-state index >= 15 is 0 Å². The van der Waals surface area contributed by atoms with E-state index < -0.39 is 24.0 Å². The number of hydrogen-bond acceptors (Lipinski definition) is 4. The van der Waals surface area contributed by atoms with Crippen LogP contribution in [0.3, 0.4) is 0 Å². The van der Waals surface area contributed by atoms with Crippen LogP contribution in [0.4, 0.5) is 0 Å². The lowest BCUT2D eigenvalue weighted by Crippen LogP contribution is -2.51. The maximum Gasteiger partial charge on any atom is 0.254 e. The highest BCUT2D eigenvalue weighted by atomic mass is 16.5. The fourth-order valence-electron chi connectivity index (χ4n) is 1.65. The number of hydrogen-bond donors (Lipinski definition) is 1. The molecule has 3 atom stereocenters. The van der Waals surface area contributed by atoms with E-state index in [1.807, 2.05) is 12.2 Å². The van der Waals surface area contributed by atoms with Gasteiger partial charge < -0.3 is 19.6 Å². The molecule has 0 radical (unpaired) electrons. The third-order valence-corrected chi connectivity index (χ3v) is 2.89. The molecule has 6 nitrogen and oxygen atoms in total. The van der Waals surface area contributed by atoms with Gasteiger partial charge in [0, 0.05) is 28.2 Å². The first-order valence-corrected chi connectivity index (χ1v) is 7.14. The van der Waals surface area contributed by atoms with E-state index in [-0.39, 0.29) is 6.10 Å². The van der Waals surface area contributed by atoms with E-state index in [0.29, 0.717) is 0 Å². The third kappa shape index (κ3) is 6.73. The third-order valence-electron chi connectivity index (χ3n) is 2.89. The maximum atomic E-state index is 12.1. The van der Waals surface area contributed by atoms with Crippen LogP contribution in [-0.2, 0) is 14.3 Å². The number of amides is 2. The van der Waals surface area contributed by atoms with E-state index in [9.17, 15) is 14.7 Å². The second-order valence-electron chi connectivity index (χ2n) is 5.39. The van der Waals surface area contributed by atoms with Crippen LogP contribution in [0.15, 0.2) is 12.2 Å². The molecular formula is C15H28N2O4. The molecule has 0 aromatic rings. The van der Waals surface area contributed by atoms with Crippen molar-refractivity contribution < 1.29 is 19.4 Å². The number of carbonyl (C=O) groups excluding carboxylic acids is 2. The highest BCUT2D eigenvalue weighted by Crippen LogP contribution is 2.10. The van der Waals surface area contributed by atoms with Crippen molar-refractivity contribution in [2.45, 2.75) is 45.0 Å². The minimum absolute atomic E-state index is 0.366. The average Bonchev–Trinajstić information content (AvgIpc) is 2.42. The Labute approximate surface area is 127 Å². The van der Waals surface area contributed by atoms with Gasteiger partial charge in [-0.25, -0.2) is 0 Å². The van der Waals surface area contributed by atoms with Crippen molar-refractivity contribution in [3.8, 4) is 0 Å². The fourth-order valence-corrected chi connectivity index (χ4v) is 1.65. The first kappa shape index (κ1) is 19.6. The first-order valence-electron chi connectivity index (χ1n) is 7.14. The quantitative estimate of drug-likeness (QED) is 0.668. The van der Waals surface area contributed by atoms with Gasteiger partial charge in [-0.05, 0) is 13.3 Å². The number of allylic oxidation sites excluding steroid dienone is 1. The summed E-state index contributed by atoms with van der Waals surface area (Å²) >= 11 is 0. The fraction of sp³-hybridized carbons (Fsp3) is 0.733. The molecule has 0 aromatic heterocycles. The Morgan fingerprint density at radius 1 is 1.14 bits per heavy atom. The van der Waals surface area contributed by atoms with Gasteiger partial charge in [0.2, 0.25) is 0 Å². The summed E-state index contributed by atoms with van der Waals surface area (Å²) in [7, 11) is 6.16.